The van der Waals surface area contributed by atoms with Gasteiger partial charge >= 0.3 is 0 Å². The third kappa shape index (κ3) is 4.33. The second-order valence-corrected chi connectivity index (χ2v) is 4.25. The van der Waals surface area contributed by atoms with Gasteiger partial charge in [0.15, 0.2) is 0 Å². The van der Waals surface area contributed by atoms with E-state index in [9.17, 15) is 5.11 Å². The van der Waals surface area contributed by atoms with Crippen LogP contribution in [0.15, 0.2) is 0 Å². The Balaban J connectivity index is 2.72. The standard InChI is InChI=1S/C11H22N6O/c1-5-6-8(18)7-13-10-14-9(12-2)15-11(16-10)17(3)4/h8,18H,5-7H2,1-4H3,(H2,12,13,14,15,16). The second-order valence-electron chi connectivity index (χ2n) is 4.25. The molecule has 7 heteroatoms. The van der Waals surface area contributed by atoms with E-state index in [-0.39, 0.29) is 6.10 Å². The van der Waals surface area contributed by atoms with Crippen LogP contribution in [0.1, 0.15) is 19.8 Å². The molecule has 1 aromatic rings. The quantitative estimate of drug-likeness (QED) is 0.655. The Morgan fingerprint density at radius 1 is 1.22 bits per heavy atom. The molecule has 1 atom stereocenters. The molecule has 0 bridgehead atoms. The molecule has 1 heterocycles. The van der Waals surface area contributed by atoms with Gasteiger partial charge in [-0.25, -0.2) is 0 Å². The van der Waals surface area contributed by atoms with E-state index in [1.807, 2.05) is 21.0 Å². The van der Waals surface area contributed by atoms with Crippen molar-refractivity contribution < 1.29 is 5.11 Å². The average molecular weight is 254 g/mol. The minimum absolute atomic E-state index is 0.382. The highest BCUT2D eigenvalue weighted by atomic mass is 16.3. The Kier molecular flexibility index (Phi) is 5.57. The molecule has 0 saturated heterocycles. The Bertz CT molecular complexity index is 371. The van der Waals surface area contributed by atoms with Crippen LogP contribution in [0, 0.1) is 0 Å². The fraction of sp³-hybridized carbons (Fsp3) is 0.727. The Labute approximate surface area is 108 Å². The minimum Gasteiger partial charge on any atom is -0.391 e. The van der Waals surface area contributed by atoms with Gasteiger partial charge in [0.25, 0.3) is 0 Å². The van der Waals surface area contributed by atoms with Gasteiger partial charge in [-0.2, -0.15) is 15.0 Å². The molecule has 0 spiro atoms. The van der Waals surface area contributed by atoms with Crippen LogP contribution in [0.4, 0.5) is 17.8 Å². The molecular formula is C11H22N6O. The van der Waals surface area contributed by atoms with Crippen molar-refractivity contribution in [1.29, 1.82) is 0 Å². The smallest absolute Gasteiger partial charge is 0.231 e. The van der Waals surface area contributed by atoms with E-state index < -0.39 is 0 Å². The van der Waals surface area contributed by atoms with Crippen molar-refractivity contribution in [2.24, 2.45) is 0 Å². The summed E-state index contributed by atoms with van der Waals surface area (Å²) in [6.07, 6.45) is 1.33. The highest BCUT2D eigenvalue weighted by Gasteiger charge is 2.08. The van der Waals surface area contributed by atoms with Crippen molar-refractivity contribution in [3.05, 3.63) is 0 Å². The predicted molar refractivity (Wildman–Crippen MR) is 73.1 cm³/mol. The fourth-order valence-electron chi connectivity index (χ4n) is 1.40. The van der Waals surface area contributed by atoms with Crippen molar-refractivity contribution in [2.75, 3.05) is 43.2 Å². The minimum atomic E-state index is -0.382. The van der Waals surface area contributed by atoms with Gasteiger partial charge in [-0.15, -0.1) is 0 Å². The maximum absolute atomic E-state index is 9.66. The van der Waals surface area contributed by atoms with E-state index in [4.69, 9.17) is 0 Å². The fourth-order valence-corrected chi connectivity index (χ4v) is 1.40. The van der Waals surface area contributed by atoms with Crippen LogP contribution < -0.4 is 15.5 Å². The number of anilines is 3. The zero-order valence-electron chi connectivity index (χ0n) is 11.4. The maximum atomic E-state index is 9.66. The van der Waals surface area contributed by atoms with Gasteiger partial charge in [-0.3, -0.25) is 0 Å². The number of rotatable bonds is 7. The first kappa shape index (κ1) is 14.4. The SMILES string of the molecule is CCCC(O)CNc1nc(NC)nc(N(C)C)n1. The number of nitrogens with one attached hydrogen (secondary N) is 2. The molecule has 18 heavy (non-hydrogen) atoms. The van der Waals surface area contributed by atoms with Crippen molar-refractivity contribution in [3.63, 3.8) is 0 Å². The molecule has 0 aliphatic heterocycles. The normalized spacial score (nSPS) is 12.1. The maximum Gasteiger partial charge on any atom is 0.231 e. The van der Waals surface area contributed by atoms with E-state index in [1.54, 1.807) is 11.9 Å². The zero-order valence-corrected chi connectivity index (χ0v) is 11.4. The lowest BCUT2D eigenvalue weighted by Crippen LogP contribution is -2.22. The van der Waals surface area contributed by atoms with Gasteiger partial charge in [-0.05, 0) is 6.42 Å². The Morgan fingerprint density at radius 2 is 1.89 bits per heavy atom. The molecule has 102 valence electrons. The van der Waals surface area contributed by atoms with Crippen LogP contribution in [0.3, 0.4) is 0 Å². The van der Waals surface area contributed by atoms with Crippen LogP contribution in [0.25, 0.3) is 0 Å². The molecule has 3 N–H and O–H groups in total. The van der Waals surface area contributed by atoms with Crippen molar-refractivity contribution in [2.45, 2.75) is 25.9 Å². The van der Waals surface area contributed by atoms with Crippen LogP contribution in [0.5, 0.6) is 0 Å². The van der Waals surface area contributed by atoms with Crippen molar-refractivity contribution in [3.8, 4) is 0 Å². The first-order valence-corrected chi connectivity index (χ1v) is 6.10. The van der Waals surface area contributed by atoms with Crippen LogP contribution in [-0.4, -0.2) is 53.9 Å². The average Bonchev–Trinajstić information content (AvgIpc) is 2.36. The van der Waals surface area contributed by atoms with Crippen molar-refractivity contribution >= 4 is 17.8 Å². The lowest BCUT2D eigenvalue weighted by atomic mass is 10.2. The predicted octanol–water partition coefficient (Wildman–Crippen LogP) is 0.552. The van der Waals surface area contributed by atoms with Gasteiger partial charge in [0.1, 0.15) is 0 Å². The number of hydrogen-bond acceptors (Lipinski definition) is 7. The van der Waals surface area contributed by atoms with E-state index in [2.05, 4.69) is 25.6 Å². The summed E-state index contributed by atoms with van der Waals surface area (Å²) in [4.78, 5) is 14.4. The van der Waals surface area contributed by atoms with Crippen molar-refractivity contribution in [1.82, 2.24) is 15.0 Å². The summed E-state index contributed by atoms with van der Waals surface area (Å²) in [6, 6.07) is 0. The number of aliphatic hydroxyl groups is 1. The highest BCUT2D eigenvalue weighted by Crippen LogP contribution is 2.11. The van der Waals surface area contributed by atoms with Gasteiger partial charge in [0.2, 0.25) is 17.8 Å². The van der Waals surface area contributed by atoms with Crippen LogP contribution >= 0.6 is 0 Å². The molecule has 0 amide bonds. The Morgan fingerprint density at radius 3 is 2.44 bits per heavy atom. The number of aromatic nitrogens is 3. The van der Waals surface area contributed by atoms with E-state index >= 15 is 0 Å². The summed E-state index contributed by atoms with van der Waals surface area (Å²) < 4.78 is 0. The summed E-state index contributed by atoms with van der Waals surface area (Å²) in [5.74, 6) is 1.54. The molecule has 0 radical (unpaired) electrons. The van der Waals surface area contributed by atoms with Gasteiger partial charge in [0, 0.05) is 27.7 Å². The monoisotopic (exact) mass is 254 g/mol. The molecule has 1 aromatic heterocycles. The second kappa shape index (κ2) is 6.95. The third-order valence-corrected chi connectivity index (χ3v) is 2.36. The number of nitrogens with zero attached hydrogens (tertiary/aromatic N) is 4. The Hall–Kier alpha value is -1.63. The van der Waals surface area contributed by atoms with Gasteiger partial charge in [-0.1, -0.05) is 13.3 Å². The van der Waals surface area contributed by atoms with E-state index in [0.29, 0.717) is 24.4 Å². The lowest BCUT2D eigenvalue weighted by molar-refractivity contribution is 0.176. The molecule has 1 rings (SSSR count). The first-order chi connectivity index (χ1) is 8.56. The van der Waals surface area contributed by atoms with Gasteiger partial charge < -0.3 is 20.6 Å². The summed E-state index contributed by atoms with van der Waals surface area (Å²) >= 11 is 0. The molecule has 7 nitrogen and oxygen atoms in total. The summed E-state index contributed by atoms with van der Waals surface area (Å²) in [7, 11) is 5.49. The summed E-state index contributed by atoms with van der Waals surface area (Å²) in [5, 5.41) is 15.6. The molecule has 0 aromatic carbocycles. The van der Waals surface area contributed by atoms with Crippen LogP contribution in [-0.2, 0) is 0 Å². The van der Waals surface area contributed by atoms with E-state index in [0.717, 1.165) is 12.8 Å². The van der Waals surface area contributed by atoms with Gasteiger partial charge in [0.05, 0.1) is 6.10 Å². The van der Waals surface area contributed by atoms with E-state index in [1.165, 1.54) is 0 Å². The molecular weight excluding hydrogens is 232 g/mol. The summed E-state index contributed by atoms with van der Waals surface area (Å²) in [5.41, 5.74) is 0. The molecule has 0 fully saturated rings. The lowest BCUT2D eigenvalue weighted by Gasteiger charge is -2.14. The largest absolute Gasteiger partial charge is 0.391 e. The third-order valence-electron chi connectivity index (χ3n) is 2.36. The highest BCUT2D eigenvalue weighted by molar-refractivity contribution is 5.42. The zero-order chi connectivity index (χ0) is 13.5. The molecule has 0 aliphatic carbocycles. The molecule has 0 saturated carbocycles. The number of aliphatic hydroxyl groups excluding tert-OH is 1. The molecule has 0 aliphatic rings. The number of hydrogen-bond donors (Lipinski definition) is 3. The molecule has 1 unspecified atom stereocenters. The summed E-state index contributed by atoms with van der Waals surface area (Å²) in [6.45, 7) is 2.48. The van der Waals surface area contributed by atoms with Crippen LogP contribution in [0.2, 0.25) is 0 Å². The first-order valence-electron chi connectivity index (χ1n) is 6.10. The topological polar surface area (TPSA) is 86.2 Å².